The van der Waals surface area contributed by atoms with Crippen LogP contribution >= 0.6 is 0 Å². The first-order chi connectivity index (χ1) is 20.8. The van der Waals surface area contributed by atoms with Crippen molar-refractivity contribution in [2.24, 2.45) is 14.1 Å². The average molecular weight is 610 g/mol. The zero-order chi connectivity index (χ0) is 32.5. The summed E-state index contributed by atoms with van der Waals surface area (Å²) in [6.07, 6.45) is 0. The van der Waals surface area contributed by atoms with Crippen LogP contribution in [-0.4, -0.2) is 78.7 Å². The van der Waals surface area contributed by atoms with Crippen molar-refractivity contribution in [3.63, 3.8) is 0 Å². The minimum Gasteiger partial charge on any atom is -0.476 e. The lowest BCUT2D eigenvalue weighted by atomic mass is 10.0. The van der Waals surface area contributed by atoms with Gasteiger partial charge >= 0.3 is 41.4 Å². The van der Waals surface area contributed by atoms with E-state index in [4.69, 9.17) is 24.1 Å². The van der Waals surface area contributed by atoms with Crippen molar-refractivity contribution < 1.29 is 52.9 Å². The molecule has 0 aliphatic carbocycles. The highest BCUT2D eigenvalue weighted by Crippen LogP contribution is 2.27. The molecular weight excluding hydrogens is 586 g/mol. The van der Waals surface area contributed by atoms with Gasteiger partial charge in [0.2, 0.25) is 0 Å². The molecule has 0 unspecified atom stereocenters. The number of aryl methyl sites for hydroxylation is 2. The van der Waals surface area contributed by atoms with Crippen LogP contribution in [0.3, 0.4) is 0 Å². The number of aromatic nitrogens is 4. The molecule has 3 aromatic heterocycles. The van der Waals surface area contributed by atoms with Crippen LogP contribution in [0.1, 0.15) is 76.5 Å². The second-order valence-electron chi connectivity index (χ2n) is 9.03. The molecule has 0 saturated heterocycles. The number of hydrogen-bond donors (Lipinski definition) is 2. The van der Waals surface area contributed by atoms with Crippen LogP contribution in [-0.2, 0) is 23.6 Å². The summed E-state index contributed by atoms with van der Waals surface area (Å²) < 4.78 is 16.7. The number of rotatable bonds is 9. The van der Waals surface area contributed by atoms with E-state index >= 15 is 0 Å². The molecule has 0 radical (unpaired) electrons. The Bertz CT molecular complexity index is 1930. The van der Waals surface area contributed by atoms with E-state index in [-0.39, 0.29) is 11.0 Å². The zero-order valence-electron chi connectivity index (χ0n) is 23.5. The molecule has 4 rings (SSSR count). The van der Waals surface area contributed by atoms with E-state index < -0.39 is 75.3 Å². The van der Waals surface area contributed by atoms with Crippen molar-refractivity contribution in [2.75, 3.05) is 18.0 Å². The third-order valence-electron chi connectivity index (χ3n) is 6.42. The summed E-state index contributed by atoms with van der Waals surface area (Å²) in [6, 6.07) is 5.98. The Morgan fingerprint density at radius 2 is 1.25 bits per heavy atom. The number of ether oxygens (including phenoxy) is 2. The highest BCUT2D eigenvalue weighted by Gasteiger charge is 2.33. The Balaban J connectivity index is 1.81. The molecule has 0 fully saturated rings. The Hall–Kier alpha value is -6.13. The second kappa shape index (κ2) is 12.0. The molecule has 0 saturated carbocycles. The van der Waals surface area contributed by atoms with Gasteiger partial charge in [0.25, 0.3) is 0 Å². The molecule has 17 heteroatoms. The minimum atomic E-state index is -1.68. The van der Waals surface area contributed by atoms with Crippen LogP contribution in [0.4, 0.5) is 5.69 Å². The first-order valence-electron chi connectivity index (χ1n) is 12.7. The van der Waals surface area contributed by atoms with E-state index in [1.54, 1.807) is 6.07 Å². The SMILES string of the molecule is CCN(CC)c1ccc2c(C(=O)OC(=O)c3cc(C(=O)O)nn3C)c(C(=O)OC(=O)c3cc(C(=O)O)nn3C)c(=O)oc2c1. The van der Waals surface area contributed by atoms with E-state index in [0.717, 1.165) is 21.5 Å². The molecule has 228 valence electrons. The number of aromatic carboxylic acids is 2. The quantitative estimate of drug-likeness (QED) is 0.155. The summed E-state index contributed by atoms with van der Waals surface area (Å²) in [4.78, 5) is 89.7. The minimum absolute atomic E-state index is 0.164. The third-order valence-corrected chi connectivity index (χ3v) is 6.42. The molecule has 0 atom stereocenters. The van der Waals surface area contributed by atoms with Crippen molar-refractivity contribution in [1.29, 1.82) is 0 Å². The van der Waals surface area contributed by atoms with Crippen LogP contribution in [0, 0.1) is 0 Å². The van der Waals surface area contributed by atoms with E-state index in [1.165, 1.54) is 26.2 Å². The zero-order valence-corrected chi connectivity index (χ0v) is 23.5. The smallest absolute Gasteiger partial charge is 0.364 e. The molecule has 0 amide bonds. The highest BCUT2D eigenvalue weighted by molar-refractivity contribution is 6.16. The van der Waals surface area contributed by atoms with Gasteiger partial charge in [0.1, 0.15) is 17.0 Å². The van der Waals surface area contributed by atoms with E-state index in [1.807, 2.05) is 18.7 Å². The maximum Gasteiger partial charge on any atom is 0.364 e. The first-order valence-corrected chi connectivity index (χ1v) is 12.7. The van der Waals surface area contributed by atoms with Gasteiger partial charge < -0.3 is 29.0 Å². The van der Waals surface area contributed by atoms with Crippen LogP contribution < -0.4 is 10.5 Å². The number of carboxylic acid groups (broad SMARTS) is 2. The molecule has 4 aromatic rings. The molecule has 3 heterocycles. The lowest BCUT2D eigenvalue weighted by molar-refractivity contribution is 0.0347. The van der Waals surface area contributed by atoms with Gasteiger partial charge in [0.15, 0.2) is 17.0 Å². The van der Waals surface area contributed by atoms with Crippen LogP contribution in [0.2, 0.25) is 0 Å². The van der Waals surface area contributed by atoms with E-state index in [9.17, 15) is 33.6 Å². The lowest BCUT2D eigenvalue weighted by Crippen LogP contribution is -2.27. The third kappa shape index (κ3) is 5.78. The number of benzene rings is 1. The monoisotopic (exact) mass is 609 g/mol. The largest absolute Gasteiger partial charge is 0.476 e. The molecule has 0 aliphatic heterocycles. The Morgan fingerprint density at radius 1 is 0.773 bits per heavy atom. The van der Waals surface area contributed by atoms with Gasteiger partial charge in [-0.25, -0.2) is 33.6 Å². The summed E-state index contributed by atoms with van der Waals surface area (Å²) in [6.45, 7) is 4.90. The number of nitrogens with zero attached hydrogens (tertiary/aromatic N) is 5. The predicted molar refractivity (Wildman–Crippen MR) is 146 cm³/mol. The molecule has 0 spiro atoms. The number of anilines is 1. The molecule has 1 aromatic carbocycles. The fourth-order valence-electron chi connectivity index (χ4n) is 4.27. The number of hydrogen-bond acceptors (Lipinski definition) is 13. The van der Waals surface area contributed by atoms with Gasteiger partial charge in [0, 0.05) is 56.5 Å². The van der Waals surface area contributed by atoms with E-state index in [0.29, 0.717) is 18.8 Å². The van der Waals surface area contributed by atoms with Gasteiger partial charge in [-0.05, 0) is 26.0 Å². The van der Waals surface area contributed by atoms with Crippen molar-refractivity contribution in [2.45, 2.75) is 13.8 Å². The number of fused-ring (bicyclic) bond motifs is 1. The van der Waals surface area contributed by atoms with Gasteiger partial charge in [0.05, 0.1) is 5.56 Å². The standard InChI is InChI=1S/C27H23N5O12/c1-5-32(6-2)12-7-8-13-18(9-12)42-26(40)20(27(41)44-24(38)17-11-15(22(35)36)29-31(17)4)19(13)25(39)43-23(37)16-10-14(21(33)34)28-30(16)3/h7-11H,5-6H2,1-4H3,(H,33,34)(H,35,36). The Labute approximate surface area is 245 Å². The number of carboxylic acids is 2. The molecule has 0 aliphatic rings. The van der Waals surface area contributed by atoms with Crippen LogP contribution in [0.25, 0.3) is 11.0 Å². The van der Waals surface area contributed by atoms with Crippen LogP contribution in [0.15, 0.2) is 39.5 Å². The molecule has 2 N–H and O–H groups in total. The van der Waals surface area contributed by atoms with Gasteiger partial charge in [-0.15, -0.1) is 0 Å². The number of carbonyl (C=O) groups excluding carboxylic acids is 4. The lowest BCUT2D eigenvalue weighted by Gasteiger charge is -2.21. The summed E-state index contributed by atoms with van der Waals surface area (Å²) in [5.41, 5.74) is -4.87. The van der Waals surface area contributed by atoms with Crippen molar-refractivity contribution in [3.8, 4) is 0 Å². The Morgan fingerprint density at radius 3 is 1.68 bits per heavy atom. The summed E-state index contributed by atoms with van der Waals surface area (Å²) in [5, 5.41) is 25.3. The first kappa shape index (κ1) is 30.8. The summed E-state index contributed by atoms with van der Waals surface area (Å²) in [5.74, 6) is -8.92. The highest BCUT2D eigenvalue weighted by atomic mass is 16.6. The molecule has 17 nitrogen and oxygen atoms in total. The van der Waals surface area contributed by atoms with E-state index in [2.05, 4.69) is 10.2 Å². The maximum atomic E-state index is 13.4. The van der Waals surface area contributed by atoms with Gasteiger partial charge in [-0.2, -0.15) is 10.2 Å². The molecule has 44 heavy (non-hydrogen) atoms. The molecular formula is C27H23N5O12. The fourth-order valence-corrected chi connectivity index (χ4v) is 4.27. The number of esters is 4. The summed E-state index contributed by atoms with van der Waals surface area (Å²) >= 11 is 0. The van der Waals surface area contributed by atoms with Crippen molar-refractivity contribution in [3.05, 3.63) is 74.7 Å². The van der Waals surface area contributed by atoms with Crippen molar-refractivity contribution in [1.82, 2.24) is 19.6 Å². The van der Waals surface area contributed by atoms with Crippen molar-refractivity contribution >= 4 is 52.5 Å². The van der Waals surface area contributed by atoms with Gasteiger partial charge in [-0.3, -0.25) is 9.36 Å². The number of carbonyl (C=O) groups is 6. The summed E-state index contributed by atoms with van der Waals surface area (Å²) in [7, 11) is 2.42. The fraction of sp³-hybridized carbons (Fsp3) is 0.222. The van der Waals surface area contributed by atoms with Gasteiger partial charge in [-0.1, -0.05) is 0 Å². The average Bonchev–Trinajstić information content (AvgIpc) is 3.55. The van der Waals surface area contributed by atoms with Crippen LogP contribution in [0.5, 0.6) is 0 Å². The maximum absolute atomic E-state index is 13.4. The Kier molecular flexibility index (Phi) is 8.41. The normalized spacial score (nSPS) is 10.8. The predicted octanol–water partition coefficient (Wildman–Crippen LogP) is 1.50. The topological polar surface area (TPSA) is 230 Å². The molecule has 0 bridgehead atoms. The second-order valence-corrected chi connectivity index (χ2v) is 9.03.